The van der Waals surface area contributed by atoms with Crippen LogP contribution in [0.5, 0.6) is 0 Å². The third kappa shape index (κ3) is 3.16. The smallest absolute Gasteiger partial charge is 0.334 e. The number of aryl methyl sites for hydroxylation is 2. The molecule has 6 nitrogen and oxygen atoms in total. The highest BCUT2D eigenvalue weighted by atomic mass is 16.5. The number of anilines is 1. The molecular formula is C10H15N3O3. The SMILES string of the molecule is COC(CNc1cnc(C)c(C)n1)C(=O)O. The highest BCUT2D eigenvalue weighted by Crippen LogP contribution is 2.05. The van der Waals surface area contributed by atoms with E-state index >= 15 is 0 Å². The number of rotatable bonds is 5. The van der Waals surface area contributed by atoms with Gasteiger partial charge in [-0.25, -0.2) is 9.78 Å². The Hall–Kier alpha value is -1.69. The molecule has 1 unspecified atom stereocenters. The quantitative estimate of drug-likeness (QED) is 0.763. The van der Waals surface area contributed by atoms with Gasteiger partial charge >= 0.3 is 5.97 Å². The molecule has 1 atom stereocenters. The van der Waals surface area contributed by atoms with Crippen LogP contribution in [-0.4, -0.2) is 40.8 Å². The average molecular weight is 225 g/mol. The van der Waals surface area contributed by atoms with Gasteiger partial charge in [0, 0.05) is 7.11 Å². The minimum Gasteiger partial charge on any atom is -0.479 e. The Morgan fingerprint density at radius 3 is 2.75 bits per heavy atom. The van der Waals surface area contributed by atoms with Crippen molar-refractivity contribution in [3.8, 4) is 0 Å². The molecule has 1 rings (SSSR count). The normalized spacial score (nSPS) is 12.2. The largest absolute Gasteiger partial charge is 0.479 e. The molecule has 1 aromatic rings. The summed E-state index contributed by atoms with van der Waals surface area (Å²) in [7, 11) is 1.35. The van der Waals surface area contributed by atoms with Crippen LogP contribution in [0.4, 0.5) is 5.82 Å². The lowest BCUT2D eigenvalue weighted by molar-refractivity contribution is -0.147. The van der Waals surface area contributed by atoms with E-state index in [1.54, 1.807) is 6.20 Å². The monoisotopic (exact) mass is 225 g/mol. The van der Waals surface area contributed by atoms with Crippen LogP contribution in [0.2, 0.25) is 0 Å². The number of carbonyl (C=O) groups is 1. The second-order valence-electron chi connectivity index (χ2n) is 3.37. The number of carboxylic acids is 1. The van der Waals surface area contributed by atoms with E-state index in [4.69, 9.17) is 9.84 Å². The zero-order valence-corrected chi connectivity index (χ0v) is 9.52. The van der Waals surface area contributed by atoms with Gasteiger partial charge in [-0.15, -0.1) is 0 Å². The molecule has 0 aliphatic carbocycles. The van der Waals surface area contributed by atoms with Gasteiger partial charge in [0.2, 0.25) is 0 Å². The standard InChI is InChI=1S/C10H15N3O3/c1-6-7(2)13-9(5-11-6)12-4-8(16-3)10(14)15/h5,8H,4H2,1-3H3,(H,12,13)(H,14,15). The summed E-state index contributed by atoms with van der Waals surface area (Å²) in [5, 5.41) is 11.6. The lowest BCUT2D eigenvalue weighted by atomic mass is 10.3. The van der Waals surface area contributed by atoms with Gasteiger partial charge < -0.3 is 15.2 Å². The van der Waals surface area contributed by atoms with E-state index in [1.165, 1.54) is 7.11 Å². The Labute approximate surface area is 93.7 Å². The van der Waals surface area contributed by atoms with Crippen LogP contribution in [0.25, 0.3) is 0 Å². The Morgan fingerprint density at radius 1 is 1.56 bits per heavy atom. The number of nitrogens with zero attached hydrogens (tertiary/aromatic N) is 2. The Balaban J connectivity index is 2.60. The van der Waals surface area contributed by atoms with E-state index in [9.17, 15) is 4.79 Å². The maximum absolute atomic E-state index is 10.7. The summed E-state index contributed by atoms with van der Waals surface area (Å²) in [6.07, 6.45) is 0.681. The van der Waals surface area contributed by atoms with Crippen molar-refractivity contribution in [2.24, 2.45) is 0 Å². The summed E-state index contributed by atoms with van der Waals surface area (Å²) in [5.41, 5.74) is 1.67. The molecule has 88 valence electrons. The number of hydrogen-bond donors (Lipinski definition) is 2. The number of hydrogen-bond acceptors (Lipinski definition) is 5. The minimum atomic E-state index is -1.01. The molecule has 0 saturated carbocycles. The van der Waals surface area contributed by atoms with Crippen LogP contribution in [0.3, 0.4) is 0 Å². The van der Waals surface area contributed by atoms with Crippen molar-refractivity contribution in [1.29, 1.82) is 0 Å². The predicted octanol–water partition coefficient (Wildman–Crippen LogP) is 0.605. The van der Waals surface area contributed by atoms with Gasteiger partial charge in [-0.3, -0.25) is 4.98 Å². The molecule has 0 aliphatic heterocycles. The first-order valence-corrected chi connectivity index (χ1v) is 4.84. The van der Waals surface area contributed by atoms with Crippen LogP contribution in [-0.2, 0) is 9.53 Å². The van der Waals surface area contributed by atoms with Gasteiger partial charge in [-0.05, 0) is 13.8 Å². The lowest BCUT2D eigenvalue weighted by Crippen LogP contribution is -2.30. The van der Waals surface area contributed by atoms with Crippen LogP contribution >= 0.6 is 0 Å². The van der Waals surface area contributed by atoms with Crippen molar-refractivity contribution < 1.29 is 14.6 Å². The molecule has 2 N–H and O–H groups in total. The van der Waals surface area contributed by atoms with Crippen LogP contribution in [0, 0.1) is 13.8 Å². The maximum Gasteiger partial charge on any atom is 0.334 e. The van der Waals surface area contributed by atoms with Crippen molar-refractivity contribution in [3.63, 3.8) is 0 Å². The van der Waals surface area contributed by atoms with Crippen molar-refractivity contribution in [2.75, 3.05) is 19.0 Å². The second kappa shape index (κ2) is 5.41. The highest BCUT2D eigenvalue weighted by Gasteiger charge is 2.15. The highest BCUT2D eigenvalue weighted by molar-refractivity contribution is 5.73. The van der Waals surface area contributed by atoms with Gasteiger partial charge in [0.25, 0.3) is 0 Å². The van der Waals surface area contributed by atoms with Gasteiger partial charge in [0.05, 0.1) is 24.1 Å². The summed E-state index contributed by atoms with van der Waals surface area (Å²) >= 11 is 0. The molecule has 0 saturated heterocycles. The third-order valence-electron chi connectivity index (χ3n) is 2.22. The van der Waals surface area contributed by atoms with Crippen molar-refractivity contribution in [3.05, 3.63) is 17.6 Å². The molecule has 6 heteroatoms. The van der Waals surface area contributed by atoms with Crippen LogP contribution in [0.1, 0.15) is 11.4 Å². The molecule has 0 fully saturated rings. The first-order valence-electron chi connectivity index (χ1n) is 4.84. The number of nitrogens with one attached hydrogen (secondary N) is 1. The van der Waals surface area contributed by atoms with Crippen molar-refractivity contribution in [1.82, 2.24) is 9.97 Å². The molecule has 0 bridgehead atoms. The van der Waals surface area contributed by atoms with Gasteiger partial charge in [-0.2, -0.15) is 0 Å². The fourth-order valence-corrected chi connectivity index (χ4v) is 1.10. The summed E-state index contributed by atoms with van der Waals surface area (Å²) < 4.78 is 4.78. The Kier molecular flexibility index (Phi) is 4.19. The van der Waals surface area contributed by atoms with E-state index in [-0.39, 0.29) is 6.54 Å². The first-order chi connectivity index (χ1) is 7.54. The van der Waals surface area contributed by atoms with E-state index in [1.807, 2.05) is 13.8 Å². The van der Waals surface area contributed by atoms with Gasteiger partial charge in [-0.1, -0.05) is 0 Å². The van der Waals surface area contributed by atoms with Crippen molar-refractivity contribution in [2.45, 2.75) is 20.0 Å². The number of carboxylic acid groups (broad SMARTS) is 1. The van der Waals surface area contributed by atoms with Crippen LogP contribution in [0.15, 0.2) is 6.20 Å². The zero-order chi connectivity index (χ0) is 12.1. The summed E-state index contributed by atoms with van der Waals surface area (Å²) in [6, 6.07) is 0. The predicted molar refractivity (Wildman–Crippen MR) is 58.4 cm³/mol. The summed E-state index contributed by atoms with van der Waals surface area (Å²) in [6.45, 7) is 3.86. The zero-order valence-electron chi connectivity index (χ0n) is 9.52. The number of ether oxygens (including phenoxy) is 1. The molecule has 0 radical (unpaired) electrons. The number of aliphatic carboxylic acids is 1. The average Bonchev–Trinajstić information content (AvgIpc) is 2.23. The molecule has 0 aromatic carbocycles. The molecule has 16 heavy (non-hydrogen) atoms. The minimum absolute atomic E-state index is 0.156. The molecular weight excluding hydrogens is 210 g/mol. The summed E-state index contributed by atoms with van der Waals surface area (Å²) in [5.74, 6) is -0.460. The number of methoxy groups -OCH3 is 1. The number of aromatic nitrogens is 2. The van der Waals surface area contributed by atoms with E-state index < -0.39 is 12.1 Å². The van der Waals surface area contributed by atoms with E-state index in [0.29, 0.717) is 5.82 Å². The molecule has 0 spiro atoms. The van der Waals surface area contributed by atoms with E-state index in [2.05, 4.69) is 15.3 Å². The van der Waals surface area contributed by atoms with Gasteiger partial charge in [0.15, 0.2) is 6.10 Å². The summed E-state index contributed by atoms with van der Waals surface area (Å²) in [4.78, 5) is 19.0. The fraction of sp³-hybridized carbons (Fsp3) is 0.500. The Bertz CT molecular complexity index is 382. The molecule has 0 aliphatic rings. The lowest BCUT2D eigenvalue weighted by Gasteiger charge is -2.12. The van der Waals surface area contributed by atoms with E-state index in [0.717, 1.165) is 11.4 Å². The third-order valence-corrected chi connectivity index (χ3v) is 2.22. The molecule has 1 heterocycles. The van der Waals surface area contributed by atoms with Crippen LogP contribution < -0.4 is 5.32 Å². The first kappa shape index (κ1) is 12.4. The fourth-order valence-electron chi connectivity index (χ4n) is 1.10. The molecule has 0 amide bonds. The Morgan fingerprint density at radius 2 is 2.25 bits per heavy atom. The topological polar surface area (TPSA) is 84.3 Å². The van der Waals surface area contributed by atoms with Crippen molar-refractivity contribution >= 4 is 11.8 Å². The van der Waals surface area contributed by atoms with Gasteiger partial charge in [0.1, 0.15) is 5.82 Å². The maximum atomic E-state index is 10.7. The second-order valence-corrected chi connectivity index (χ2v) is 3.37. The molecule has 1 aromatic heterocycles.